The van der Waals surface area contributed by atoms with Crippen LogP contribution in [0.3, 0.4) is 0 Å². The molecule has 0 unspecified atom stereocenters. The quantitative estimate of drug-likeness (QED) is 0.211. The van der Waals surface area contributed by atoms with E-state index >= 15 is 0 Å². The van der Waals surface area contributed by atoms with E-state index in [0.29, 0.717) is 45.4 Å². The first-order valence-electron chi connectivity index (χ1n) is 13.0. The van der Waals surface area contributed by atoms with Gasteiger partial charge in [0.1, 0.15) is 5.75 Å². The van der Waals surface area contributed by atoms with Gasteiger partial charge >= 0.3 is 11.9 Å². The number of hydrogen-bond donors (Lipinski definition) is 0. The van der Waals surface area contributed by atoms with E-state index in [0.717, 1.165) is 12.7 Å². The molecule has 2 heterocycles. The van der Waals surface area contributed by atoms with Crippen molar-refractivity contribution in [3.05, 3.63) is 80.1 Å². The molecule has 1 aromatic heterocycles. The third kappa shape index (κ3) is 6.99. The topological polar surface area (TPSA) is 115 Å². The van der Waals surface area contributed by atoms with Crippen molar-refractivity contribution in [2.75, 3.05) is 33.5 Å². The molecular weight excluding hydrogens is 790 g/mol. The van der Waals surface area contributed by atoms with Gasteiger partial charge in [0.2, 0.25) is 0 Å². The number of rotatable bonds is 11. The Balaban J connectivity index is 1.79. The summed E-state index contributed by atoms with van der Waals surface area (Å²) in [6.07, 6.45) is 3.22. The minimum Gasteiger partial charge on any atom is -0.490 e. The number of carbonyl (C=O) groups is 2. The summed E-state index contributed by atoms with van der Waals surface area (Å²) >= 11 is 5.47. The second-order valence-corrected chi connectivity index (χ2v) is 12.0. The Morgan fingerprint density at radius 1 is 1.00 bits per heavy atom. The van der Waals surface area contributed by atoms with Crippen LogP contribution in [0.5, 0.6) is 17.2 Å². The summed E-state index contributed by atoms with van der Waals surface area (Å²) in [6, 6.07) is 8.28. The van der Waals surface area contributed by atoms with Gasteiger partial charge in [-0.1, -0.05) is 17.4 Å². The lowest BCUT2D eigenvalue weighted by molar-refractivity contribution is -0.145. The highest BCUT2D eigenvalue weighted by Crippen LogP contribution is 2.35. The van der Waals surface area contributed by atoms with Crippen LogP contribution in [-0.2, 0) is 19.1 Å². The van der Waals surface area contributed by atoms with Crippen LogP contribution >= 0.6 is 56.5 Å². The lowest BCUT2D eigenvalue weighted by Crippen LogP contribution is -2.39. The standard InChI is InChI=1S/C29H28I2N2O8S/c1-5-38-21-9-8-17(13-22(21)39-6-2)25-18(28(36)37-4)14-32-29-33(25)27(35)23(42-29)12-16-10-19(30)26(20(31)11-16)41-15-24(34)40-7-3/h8-14,25H,5-7,15H2,1-4H3/b23-12-/t25-/m0/s1. The predicted molar refractivity (Wildman–Crippen MR) is 174 cm³/mol. The average molecular weight is 818 g/mol. The zero-order valence-corrected chi connectivity index (χ0v) is 28.4. The maximum atomic E-state index is 13.9. The number of carbonyl (C=O) groups excluding carboxylic acids is 2. The summed E-state index contributed by atoms with van der Waals surface area (Å²) in [5, 5.41) is 0. The third-order valence-corrected chi connectivity index (χ3v) is 8.57. The molecular formula is C29H28I2N2O8S. The molecule has 0 saturated carbocycles. The number of hydrogen-bond acceptors (Lipinski definition) is 10. The Morgan fingerprint density at radius 2 is 1.69 bits per heavy atom. The van der Waals surface area contributed by atoms with Gasteiger partial charge in [0, 0.05) is 6.20 Å². The molecule has 0 aliphatic carbocycles. The minimum atomic E-state index is -0.787. The number of benzene rings is 2. The van der Waals surface area contributed by atoms with E-state index in [1.807, 2.05) is 26.0 Å². The maximum Gasteiger partial charge on any atom is 0.344 e. The Hall–Kier alpha value is -2.92. The first-order valence-corrected chi connectivity index (χ1v) is 16.0. The number of fused-ring (bicyclic) bond motifs is 1. The lowest BCUT2D eigenvalue weighted by Gasteiger charge is -2.23. The predicted octanol–water partition coefficient (Wildman–Crippen LogP) is 3.97. The normalized spacial score (nSPS) is 14.4. The van der Waals surface area contributed by atoms with Gasteiger partial charge in [0.05, 0.1) is 50.2 Å². The highest BCUT2D eigenvalue weighted by Gasteiger charge is 2.31. The van der Waals surface area contributed by atoms with Crippen molar-refractivity contribution < 1.29 is 33.3 Å². The Labute approximate surface area is 273 Å². The molecule has 4 rings (SSSR count). The van der Waals surface area contributed by atoms with E-state index in [1.165, 1.54) is 29.2 Å². The molecule has 1 aliphatic rings. The van der Waals surface area contributed by atoms with Crippen LogP contribution in [0, 0.1) is 7.14 Å². The number of nitrogens with zero attached hydrogens (tertiary/aromatic N) is 2. The van der Waals surface area contributed by atoms with Crippen LogP contribution in [0.4, 0.5) is 0 Å². The fraction of sp³-hybridized carbons (Fsp3) is 0.310. The van der Waals surface area contributed by atoms with Crippen molar-refractivity contribution in [3.63, 3.8) is 0 Å². The van der Waals surface area contributed by atoms with Gasteiger partial charge in [-0.15, -0.1) is 0 Å². The largest absolute Gasteiger partial charge is 0.490 e. The molecule has 1 atom stereocenters. The first-order chi connectivity index (χ1) is 20.2. The number of ether oxygens (including phenoxy) is 5. The van der Waals surface area contributed by atoms with E-state index in [1.54, 1.807) is 31.2 Å². The van der Waals surface area contributed by atoms with E-state index in [9.17, 15) is 14.4 Å². The number of methoxy groups -OCH3 is 1. The molecule has 0 radical (unpaired) electrons. The van der Waals surface area contributed by atoms with Gasteiger partial charge in [0.25, 0.3) is 5.56 Å². The average Bonchev–Trinajstić information content (AvgIpc) is 3.27. The van der Waals surface area contributed by atoms with Crippen LogP contribution in [0.25, 0.3) is 6.08 Å². The molecule has 10 nitrogen and oxygen atoms in total. The van der Waals surface area contributed by atoms with Crippen LogP contribution in [0.1, 0.15) is 37.9 Å². The van der Waals surface area contributed by atoms with Gasteiger partial charge in [-0.25, -0.2) is 14.6 Å². The highest BCUT2D eigenvalue weighted by atomic mass is 127. The fourth-order valence-electron chi connectivity index (χ4n) is 4.27. The molecule has 2 aromatic carbocycles. The van der Waals surface area contributed by atoms with E-state index in [2.05, 4.69) is 50.2 Å². The van der Waals surface area contributed by atoms with E-state index in [4.69, 9.17) is 23.7 Å². The number of thiazole rings is 1. The van der Waals surface area contributed by atoms with Gasteiger partial charge in [0.15, 0.2) is 22.9 Å². The molecule has 13 heteroatoms. The molecule has 0 fully saturated rings. The van der Waals surface area contributed by atoms with Gasteiger partial charge in [-0.2, -0.15) is 0 Å². The van der Waals surface area contributed by atoms with Crippen molar-refractivity contribution in [1.29, 1.82) is 0 Å². The van der Waals surface area contributed by atoms with Gasteiger partial charge < -0.3 is 23.7 Å². The first kappa shape index (κ1) is 32.0. The van der Waals surface area contributed by atoms with Crippen molar-refractivity contribution in [3.8, 4) is 17.2 Å². The minimum absolute atomic E-state index is 0.198. The lowest BCUT2D eigenvalue weighted by atomic mass is 9.97. The summed E-state index contributed by atoms with van der Waals surface area (Å²) < 4.78 is 30.6. The van der Waals surface area contributed by atoms with Crippen molar-refractivity contribution in [2.24, 2.45) is 4.99 Å². The Bertz CT molecular complexity index is 1690. The maximum absolute atomic E-state index is 13.9. The molecule has 1 aliphatic heterocycles. The smallest absolute Gasteiger partial charge is 0.344 e. The van der Waals surface area contributed by atoms with E-state index in [-0.39, 0.29) is 24.3 Å². The zero-order valence-electron chi connectivity index (χ0n) is 23.3. The number of esters is 2. The van der Waals surface area contributed by atoms with E-state index < -0.39 is 18.0 Å². The fourth-order valence-corrected chi connectivity index (χ4v) is 7.37. The zero-order chi connectivity index (χ0) is 30.4. The SMILES string of the molecule is CCOC(=O)COc1c(I)cc(/C=c2\sc3n(c2=O)[C@@H](c2ccc(OCC)c(OCC)c2)C(C(=O)OC)=CN=3)cc1I. The molecule has 0 saturated heterocycles. The second-order valence-electron chi connectivity index (χ2n) is 8.66. The molecule has 0 spiro atoms. The van der Waals surface area contributed by atoms with Crippen LogP contribution in [-0.4, -0.2) is 50.0 Å². The summed E-state index contributed by atoms with van der Waals surface area (Å²) in [7, 11) is 1.29. The molecule has 3 aromatic rings. The van der Waals surface area contributed by atoms with Gasteiger partial charge in [-0.3, -0.25) is 9.36 Å². The van der Waals surface area contributed by atoms with Crippen molar-refractivity contribution in [1.82, 2.24) is 4.57 Å². The summed E-state index contributed by atoms with van der Waals surface area (Å²) in [6.45, 7) is 6.43. The summed E-state index contributed by atoms with van der Waals surface area (Å²) in [5.41, 5.74) is 1.32. The van der Waals surface area contributed by atoms with Crippen LogP contribution < -0.4 is 29.1 Å². The summed E-state index contributed by atoms with van der Waals surface area (Å²) in [4.78, 5) is 43.3. The molecule has 222 valence electrons. The van der Waals surface area contributed by atoms with Crippen LogP contribution in [0.2, 0.25) is 0 Å². The van der Waals surface area contributed by atoms with Crippen LogP contribution in [0.15, 0.2) is 51.9 Å². The molecule has 42 heavy (non-hydrogen) atoms. The second kappa shape index (κ2) is 14.5. The third-order valence-electron chi connectivity index (χ3n) is 5.97. The monoisotopic (exact) mass is 818 g/mol. The Morgan fingerprint density at radius 3 is 2.33 bits per heavy atom. The van der Waals surface area contributed by atoms with Crippen molar-refractivity contribution in [2.45, 2.75) is 26.8 Å². The summed E-state index contributed by atoms with van der Waals surface area (Å²) in [5.74, 6) is 0.599. The number of aromatic nitrogens is 1. The number of halogens is 2. The van der Waals surface area contributed by atoms with Gasteiger partial charge in [-0.05, 0) is 107 Å². The molecule has 0 N–H and O–H groups in total. The highest BCUT2D eigenvalue weighted by molar-refractivity contribution is 14.1. The Kier molecular flexibility index (Phi) is 11.1. The molecule has 0 bridgehead atoms. The molecule has 0 amide bonds. The van der Waals surface area contributed by atoms with Crippen molar-refractivity contribution >= 4 is 74.5 Å².